The Balaban J connectivity index is 1.66. The van der Waals surface area contributed by atoms with Crippen LogP contribution in [0.4, 0.5) is 9.59 Å². The van der Waals surface area contributed by atoms with Gasteiger partial charge < -0.3 is 25.0 Å². The van der Waals surface area contributed by atoms with E-state index in [-0.39, 0.29) is 18.6 Å². The topological polar surface area (TPSA) is 95.0 Å². The largest absolute Gasteiger partial charge is 0.465 e. The first-order chi connectivity index (χ1) is 13.2. The average Bonchev–Trinajstić information content (AvgIpc) is 2.64. The molecule has 2 amide bonds. The summed E-state index contributed by atoms with van der Waals surface area (Å²) in [5.74, 6) is 0. The number of hydrogen-bond donors (Lipinski definition) is 2. The standard InChI is InChI=1S/C20H30N4O4/c1-20(2,3)28-19(27)23-10-11-24(18(25)26)15(13-23)12-22-16-8-4-6-14-7-5-9-21-17(14)16/h5,7,9,15-16,22H,4,6,8,10-13H2,1-3H3,(H,25,26)/t15?,16-/m0/s1. The molecule has 2 heterocycles. The first-order valence-corrected chi connectivity index (χ1v) is 9.89. The first-order valence-electron chi connectivity index (χ1n) is 9.89. The van der Waals surface area contributed by atoms with Crippen LogP contribution in [-0.4, -0.2) is 69.9 Å². The van der Waals surface area contributed by atoms with Crippen molar-refractivity contribution in [1.82, 2.24) is 20.1 Å². The van der Waals surface area contributed by atoms with Crippen molar-refractivity contribution in [1.29, 1.82) is 0 Å². The van der Waals surface area contributed by atoms with Gasteiger partial charge in [0.15, 0.2) is 0 Å². The molecule has 1 aliphatic heterocycles. The molecular formula is C20H30N4O4. The quantitative estimate of drug-likeness (QED) is 0.824. The summed E-state index contributed by atoms with van der Waals surface area (Å²) in [6.07, 6.45) is 3.52. The molecule has 0 spiro atoms. The van der Waals surface area contributed by atoms with Gasteiger partial charge in [0, 0.05) is 38.4 Å². The number of ether oxygens (including phenoxy) is 1. The molecule has 28 heavy (non-hydrogen) atoms. The van der Waals surface area contributed by atoms with E-state index in [1.807, 2.05) is 26.8 Å². The number of amides is 2. The van der Waals surface area contributed by atoms with Crippen molar-refractivity contribution >= 4 is 12.2 Å². The number of hydrogen-bond acceptors (Lipinski definition) is 5. The van der Waals surface area contributed by atoms with Gasteiger partial charge in [-0.05, 0) is 51.7 Å². The van der Waals surface area contributed by atoms with Crippen LogP contribution < -0.4 is 5.32 Å². The Bertz CT molecular complexity index is 718. The van der Waals surface area contributed by atoms with Crippen LogP contribution in [0.2, 0.25) is 0 Å². The van der Waals surface area contributed by atoms with Gasteiger partial charge in [-0.3, -0.25) is 4.98 Å². The fourth-order valence-corrected chi connectivity index (χ4v) is 3.86. The molecule has 2 atom stereocenters. The summed E-state index contributed by atoms with van der Waals surface area (Å²) in [6, 6.07) is 3.84. The van der Waals surface area contributed by atoms with Gasteiger partial charge in [0.1, 0.15) is 5.60 Å². The maximum atomic E-state index is 12.4. The van der Waals surface area contributed by atoms with E-state index in [4.69, 9.17) is 4.74 Å². The van der Waals surface area contributed by atoms with E-state index in [9.17, 15) is 14.7 Å². The summed E-state index contributed by atoms with van der Waals surface area (Å²) in [5.41, 5.74) is 1.72. The number of carboxylic acid groups (broad SMARTS) is 1. The number of pyridine rings is 1. The van der Waals surface area contributed by atoms with Gasteiger partial charge in [0.25, 0.3) is 0 Å². The Hall–Kier alpha value is -2.35. The van der Waals surface area contributed by atoms with Crippen molar-refractivity contribution in [3.8, 4) is 0 Å². The van der Waals surface area contributed by atoms with Gasteiger partial charge in [0.05, 0.1) is 11.7 Å². The number of aryl methyl sites for hydroxylation is 1. The summed E-state index contributed by atoms with van der Waals surface area (Å²) in [5, 5.41) is 13.1. The summed E-state index contributed by atoms with van der Waals surface area (Å²) in [4.78, 5) is 31.6. The fourth-order valence-electron chi connectivity index (χ4n) is 3.86. The number of nitrogens with one attached hydrogen (secondary N) is 1. The Kier molecular flexibility index (Phi) is 6.07. The maximum absolute atomic E-state index is 12.4. The fraction of sp³-hybridized carbons (Fsp3) is 0.650. The molecule has 1 saturated heterocycles. The molecule has 1 unspecified atom stereocenters. The Morgan fingerprint density at radius 1 is 1.36 bits per heavy atom. The lowest BCUT2D eigenvalue weighted by Crippen LogP contribution is -2.59. The number of aromatic nitrogens is 1. The van der Waals surface area contributed by atoms with E-state index < -0.39 is 17.8 Å². The van der Waals surface area contributed by atoms with Gasteiger partial charge >= 0.3 is 12.2 Å². The minimum absolute atomic E-state index is 0.109. The second-order valence-corrected chi connectivity index (χ2v) is 8.46. The summed E-state index contributed by atoms with van der Waals surface area (Å²) in [7, 11) is 0. The molecule has 2 N–H and O–H groups in total. The van der Waals surface area contributed by atoms with Crippen molar-refractivity contribution in [2.45, 2.75) is 57.7 Å². The lowest BCUT2D eigenvalue weighted by atomic mass is 9.91. The Morgan fingerprint density at radius 3 is 2.86 bits per heavy atom. The maximum Gasteiger partial charge on any atom is 0.410 e. The minimum atomic E-state index is -0.960. The molecule has 1 aromatic rings. The lowest BCUT2D eigenvalue weighted by molar-refractivity contribution is 0.00515. The minimum Gasteiger partial charge on any atom is -0.465 e. The molecule has 8 nitrogen and oxygen atoms in total. The monoisotopic (exact) mass is 390 g/mol. The van der Waals surface area contributed by atoms with Crippen molar-refractivity contribution in [3.05, 3.63) is 29.6 Å². The highest BCUT2D eigenvalue weighted by Crippen LogP contribution is 2.28. The van der Waals surface area contributed by atoms with Crippen LogP contribution in [-0.2, 0) is 11.2 Å². The molecule has 3 rings (SSSR count). The highest BCUT2D eigenvalue weighted by molar-refractivity contribution is 5.70. The molecule has 0 bridgehead atoms. The van der Waals surface area contributed by atoms with E-state index >= 15 is 0 Å². The zero-order chi connectivity index (χ0) is 20.3. The molecule has 1 aliphatic carbocycles. The summed E-state index contributed by atoms with van der Waals surface area (Å²) >= 11 is 0. The number of nitrogens with zero attached hydrogens (tertiary/aromatic N) is 3. The zero-order valence-corrected chi connectivity index (χ0v) is 16.9. The normalized spacial score (nSPS) is 22.5. The predicted octanol–water partition coefficient (Wildman–Crippen LogP) is 2.65. The van der Waals surface area contributed by atoms with Gasteiger partial charge in [-0.15, -0.1) is 0 Å². The highest BCUT2D eigenvalue weighted by atomic mass is 16.6. The van der Waals surface area contributed by atoms with Gasteiger partial charge in [0.2, 0.25) is 0 Å². The van der Waals surface area contributed by atoms with Crippen molar-refractivity contribution in [2.24, 2.45) is 0 Å². The summed E-state index contributed by atoms with van der Waals surface area (Å²) in [6.45, 7) is 6.87. The molecule has 2 aliphatic rings. The van der Waals surface area contributed by atoms with Crippen molar-refractivity contribution < 1.29 is 19.4 Å². The van der Waals surface area contributed by atoms with E-state index in [1.165, 1.54) is 10.5 Å². The second kappa shape index (κ2) is 8.34. The third-order valence-electron chi connectivity index (χ3n) is 5.18. The molecule has 8 heteroatoms. The van der Waals surface area contributed by atoms with Crippen LogP contribution in [0, 0.1) is 0 Å². The SMILES string of the molecule is CC(C)(C)OC(=O)N1CCN(C(=O)O)C(CN[C@H]2CCCc3cccnc32)C1. The molecule has 154 valence electrons. The molecule has 1 fully saturated rings. The zero-order valence-electron chi connectivity index (χ0n) is 16.9. The molecule has 1 aromatic heterocycles. The number of rotatable bonds is 3. The smallest absolute Gasteiger partial charge is 0.410 e. The summed E-state index contributed by atoms with van der Waals surface area (Å²) < 4.78 is 5.45. The molecule has 0 radical (unpaired) electrons. The number of fused-ring (bicyclic) bond motifs is 1. The Morgan fingerprint density at radius 2 is 2.14 bits per heavy atom. The van der Waals surface area contributed by atoms with Gasteiger partial charge in [-0.25, -0.2) is 9.59 Å². The number of carbonyl (C=O) groups excluding carboxylic acids is 1. The number of carbonyl (C=O) groups is 2. The van der Waals surface area contributed by atoms with Crippen LogP contribution in [0.15, 0.2) is 18.3 Å². The Labute approximate surface area is 165 Å². The third-order valence-corrected chi connectivity index (χ3v) is 5.18. The molecule has 0 saturated carbocycles. The second-order valence-electron chi connectivity index (χ2n) is 8.46. The third kappa shape index (κ3) is 4.92. The first kappa shape index (κ1) is 20.4. The molecular weight excluding hydrogens is 360 g/mol. The van der Waals surface area contributed by atoms with Crippen LogP contribution in [0.1, 0.15) is 50.9 Å². The predicted molar refractivity (Wildman–Crippen MR) is 104 cm³/mol. The highest BCUT2D eigenvalue weighted by Gasteiger charge is 2.35. The van der Waals surface area contributed by atoms with E-state index in [0.717, 1.165) is 25.0 Å². The van der Waals surface area contributed by atoms with Gasteiger partial charge in [-0.1, -0.05) is 6.07 Å². The van der Waals surface area contributed by atoms with Crippen LogP contribution in [0.3, 0.4) is 0 Å². The van der Waals surface area contributed by atoms with Crippen LogP contribution in [0.25, 0.3) is 0 Å². The van der Waals surface area contributed by atoms with E-state index in [1.54, 1.807) is 11.1 Å². The molecule has 0 aromatic carbocycles. The number of piperazine rings is 1. The van der Waals surface area contributed by atoms with Crippen LogP contribution in [0.5, 0.6) is 0 Å². The van der Waals surface area contributed by atoms with E-state index in [2.05, 4.69) is 16.4 Å². The van der Waals surface area contributed by atoms with Crippen molar-refractivity contribution in [2.75, 3.05) is 26.2 Å². The lowest BCUT2D eigenvalue weighted by Gasteiger charge is -2.41. The van der Waals surface area contributed by atoms with E-state index in [0.29, 0.717) is 19.6 Å². The average molecular weight is 390 g/mol. The van der Waals surface area contributed by atoms with Crippen molar-refractivity contribution in [3.63, 3.8) is 0 Å². The van der Waals surface area contributed by atoms with Crippen LogP contribution >= 0.6 is 0 Å². The van der Waals surface area contributed by atoms with Gasteiger partial charge in [-0.2, -0.15) is 0 Å².